The van der Waals surface area contributed by atoms with Crippen LogP contribution in [0.1, 0.15) is 26.7 Å². The van der Waals surface area contributed by atoms with Gasteiger partial charge in [-0.3, -0.25) is 9.59 Å². The molecule has 1 aliphatic heterocycles. The van der Waals surface area contributed by atoms with Crippen LogP contribution < -0.4 is 0 Å². The largest absolute Gasteiger partial charge is 0.480 e. The van der Waals surface area contributed by atoms with Crippen molar-refractivity contribution in [1.29, 1.82) is 0 Å². The first kappa shape index (κ1) is 13.0. The zero-order valence-electron chi connectivity index (χ0n) is 9.77. The number of carboxylic acid groups (broad SMARTS) is 2. The summed E-state index contributed by atoms with van der Waals surface area (Å²) >= 11 is 0. The molecule has 2 N–H and O–H groups in total. The fraction of sp³-hybridized carbons (Fsp3) is 0.818. The molecule has 0 aromatic rings. The summed E-state index contributed by atoms with van der Waals surface area (Å²) in [6, 6.07) is 0. The van der Waals surface area contributed by atoms with Crippen molar-refractivity contribution in [2.45, 2.75) is 26.7 Å². The maximum absolute atomic E-state index is 11.0. The van der Waals surface area contributed by atoms with Crippen LogP contribution in [0.5, 0.6) is 0 Å². The van der Waals surface area contributed by atoms with Gasteiger partial charge in [-0.2, -0.15) is 0 Å². The van der Waals surface area contributed by atoms with E-state index >= 15 is 0 Å². The minimum Gasteiger partial charge on any atom is -0.480 e. The number of piperidine rings is 1. The maximum Gasteiger partial charge on any atom is 0.321 e. The molecule has 1 saturated heterocycles. The molecule has 92 valence electrons. The predicted molar refractivity (Wildman–Crippen MR) is 58.2 cm³/mol. The van der Waals surface area contributed by atoms with E-state index in [9.17, 15) is 9.59 Å². The maximum atomic E-state index is 11.0. The smallest absolute Gasteiger partial charge is 0.321 e. The second kappa shape index (κ2) is 4.82. The summed E-state index contributed by atoms with van der Waals surface area (Å²) in [7, 11) is 0. The van der Waals surface area contributed by atoms with Crippen LogP contribution in [0.3, 0.4) is 0 Å². The van der Waals surface area contributed by atoms with Gasteiger partial charge < -0.3 is 15.1 Å². The average Bonchev–Trinajstić information content (AvgIpc) is 2.17. The molecular weight excluding hydrogens is 210 g/mol. The molecule has 16 heavy (non-hydrogen) atoms. The Balaban J connectivity index is 2.64. The number of carboxylic acids is 2. The Hall–Kier alpha value is -1.10. The van der Waals surface area contributed by atoms with E-state index in [0.29, 0.717) is 19.0 Å². The number of likely N-dealkylation sites (tertiary alicyclic amines) is 1. The molecule has 0 atom stereocenters. The summed E-state index contributed by atoms with van der Waals surface area (Å²) in [6.45, 7) is 6.19. The summed E-state index contributed by atoms with van der Waals surface area (Å²) in [5.41, 5.74) is -1.56. The van der Waals surface area contributed by atoms with Gasteiger partial charge in [-0.15, -0.1) is 0 Å². The highest BCUT2D eigenvalue weighted by Crippen LogP contribution is 2.32. The van der Waals surface area contributed by atoms with Crippen LogP contribution in [0.15, 0.2) is 0 Å². The van der Waals surface area contributed by atoms with Crippen molar-refractivity contribution in [3.8, 4) is 0 Å². The number of nitrogens with zero attached hydrogens (tertiary/aromatic N) is 1. The molecule has 0 amide bonds. The summed E-state index contributed by atoms with van der Waals surface area (Å²) in [6.07, 6.45) is 0.398. The van der Waals surface area contributed by atoms with Crippen molar-refractivity contribution in [2.75, 3.05) is 19.6 Å². The zero-order chi connectivity index (χ0) is 12.3. The quantitative estimate of drug-likeness (QED) is 0.700. The highest BCUT2D eigenvalue weighted by atomic mass is 16.4. The molecule has 0 saturated carbocycles. The summed E-state index contributed by atoms with van der Waals surface area (Å²) in [4.78, 5) is 24.2. The third-order valence-corrected chi connectivity index (χ3v) is 3.15. The van der Waals surface area contributed by atoms with Crippen molar-refractivity contribution in [2.24, 2.45) is 11.3 Å². The highest BCUT2D eigenvalue weighted by molar-refractivity contribution is 5.98. The fourth-order valence-corrected chi connectivity index (χ4v) is 2.15. The molecule has 0 unspecified atom stereocenters. The first-order chi connectivity index (χ1) is 7.38. The van der Waals surface area contributed by atoms with Gasteiger partial charge in [0.25, 0.3) is 0 Å². The van der Waals surface area contributed by atoms with E-state index in [1.807, 2.05) is 0 Å². The molecule has 0 aliphatic carbocycles. The Labute approximate surface area is 95.1 Å². The van der Waals surface area contributed by atoms with Gasteiger partial charge in [-0.05, 0) is 31.8 Å². The minimum atomic E-state index is -1.56. The number of carbonyl (C=O) groups is 2. The van der Waals surface area contributed by atoms with Crippen molar-refractivity contribution in [3.63, 3.8) is 0 Å². The zero-order valence-corrected chi connectivity index (χ0v) is 9.77. The average molecular weight is 229 g/mol. The fourth-order valence-electron chi connectivity index (χ4n) is 2.15. The summed E-state index contributed by atoms with van der Waals surface area (Å²) in [5, 5.41) is 18.1. The standard InChI is InChI=1S/C11H19NO4/c1-8(2)7-12-5-3-11(4-6-12,9(13)14)10(15)16/h8H,3-7H2,1-2H3,(H,13,14)(H,15,16). The monoisotopic (exact) mass is 229 g/mol. The highest BCUT2D eigenvalue weighted by Gasteiger charge is 2.48. The first-order valence-electron chi connectivity index (χ1n) is 5.57. The SMILES string of the molecule is CC(C)CN1CCC(C(=O)O)(C(=O)O)CC1. The van der Waals surface area contributed by atoms with Gasteiger partial charge in [0.05, 0.1) is 0 Å². The van der Waals surface area contributed by atoms with Gasteiger partial charge in [0.2, 0.25) is 0 Å². The molecule has 1 fully saturated rings. The van der Waals surface area contributed by atoms with Crippen LogP contribution >= 0.6 is 0 Å². The number of hydrogen-bond donors (Lipinski definition) is 2. The molecule has 0 aromatic heterocycles. The van der Waals surface area contributed by atoms with E-state index < -0.39 is 17.4 Å². The van der Waals surface area contributed by atoms with Crippen molar-refractivity contribution < 1.29 is 19.8 Å². The van der Waals surface area contributed by atoms with E-state index in [-0.39, 0.29) is 12.8 Å². The Bertz CT molecular complexity index is 264. The first-order valence-corrected chi connectivity index (χ1v) is 5.57. The minimum absolute atomic E-state index is 0.199. The topological polar surface area (TPSA) is 77.8 Å². The third-order valence-electron chi connectivity index (χ3n) is 3.15. The normalized spacial score (nSPS) is 20.9. The Morgan fingerprint density at radius 3 is 1.94 bits per heavy atom. The van der Waals surface area contributed by atoms with Crippen LogP contribution in [-0.4, -0.2) is 46.7 Å². The van der Waals surface area contributed by atoms with Crippen LogP contribution in [-0.2, 0) is 9.59 Å². The van der Waals surface area contributed by atoms with E-state index in [1.165, 1.54) is 0 Å². The van der Waals surface area contributed by atoms with Gasteiger partial charge >= 0.3 is 11.9 Å². The lowest BCUT2D eigenvalue weighted by atomic mass is 9.78. The lowest BCUT2D eigenvalue weighted by Crippen LogP contribution is -2.49. The van der Waals surface area contributed by atoms with Crippen molar-refractivity contribution >= 4 is 11.9 Å². The Morgan fingerprint density at radius 1 is 1.19 bits per heavy atom. The molecule has 1 heterocycles. The molecule has 0 bridgehead atoms. The Morgan fingerprint density at radius 2 is 1.62 bits per heavy atom. The molecule has 5 nitrogen and oxygen atoms in total. The molecule has 1 aliphatic rings. The molecule has 5 heteroatoms. The molecular formula is C11H19NO4. The second-order valence-corrected chi connectivity index (χ2v) is 4.89. The van der Waals surface area contributed by atoms with Crippen molar-refractivity contribution in [3.05, 3.63) is 0 Å². The van der Waals surface area contributed by atoms with Crippen LogP contribution in [0.25, 0.3) is 0 Å². The lowest BCUT2D eigenvalue weighted by molar-refractivity contribution is -0.168. The van der Waals surface area contributed by atoms with E-state index in [2.05, 4.69) is 18.7 Å². The second-order valence-electron chi connectivity index (χ2n) is 4.89. The number of hydrogen-bond acceptors (Lipinski definition) is 3. The predicted octanol–water partition coefficient (Wildman–Crippen LogP) is 0.894. The van der Waals surface area contributed by atoms with E-state index in [4.69, 9.17) is 10.2 Å². The van der Waals surface area contributed by atoms with Gasteiger partial charge in [-0.1, -0.05) is 13.8 Å². The third kappa shape index (κ3) is 2.52. The molecule has 0 radical (unpaired) electrons. The van der Waals surface area contributed by atoms with E-state index in [0.717, 1.165) is 6.54 Å². The number of aliphatic carboxylic acids is 2. The lowest BCUT2D eigenvalue weighted by Gasteiger charge is -2.36. The van der Waals surface area contributed by atoms with Crippen LogP contribution in [0.4, 0.5) is 0 Å². The van der Waals surface area contributed by atoms with Gasteiger partial charge in [0.15, 0.2) is 5.41 Å². The molecule has 1 rings (SSSR count). The Kier molecular flexibility index (Phi) is 3.91. The molecule has 0 aromatic carbocycles. The molecule has 0 spiro atoms. The van der Waals surface area contributed by atoms with Crippen LogP contribution in [0.2, 0.25) is 0 Å². The van der Waals surface area contributed by atoms with E-state index in [1.54, 1.807) is 0 Å². The number of rotatable bonds is 4. The van der Waals surface area contributed by atoms with Gasteiger partial charge in [-0.25, -0.2) is 0 Å². The van der Waals surface area contributed by atoms with Gasteiger partial charge in [0, 0.05) is 6.54 Å². The van der Waals surface area contributed by atoms with Gasteiger partial charge in [0.1, 0.15) is 0 Å². The van der Waals surface area contributed by atoms with Crippen LogP contribution in [0, 0.1) is 11.3 Å². The van der Waals surface area contributed by atoms with Crippen molar-refractivity contribution in [1.82, 2.24) is 4.90 Å². The summed E-state index contributed by atoms with van der Waals surface area (Å²) < 4.78 is 0. The summed E-state index contributed by atoms with van der Waals surface area (Å²) in [5.74, 6) is -1.89.